The van der Waals surface area contributed by atoms with E-state index in [4.69, 9.17) is 26.0 Å². The highest BCUT2D eigenvalue weighted by molar-refractivity contribution is 5.97. The number of aliphatic imine (C=N–C) groups is 1. The number of hydrogen-bond acceptors (Lipinski definition) is 7. The third-order valence-corrected chi connectivity index (χ3v) is 3.26. The Bertz CT molecular complexity index is 876. The monoisotopic (exact) mass is 479 g/mol. The van der Waals surface area contributed by atoms with Gasteiger partial charge in [0.1, 0.15) is 6.34 Å². The van der Waals surface area contributed by atoms with Crippen LogP contribution in [0.4, 0.5) is 18.9 Å². The fourth-order valence-corrected chi connectivity index (χ4v) is 1.98. The number of rotatable bonds is 10. The zero-order chi connectivity index (χ0) is 25.6. The lowest BCUT2D eigenvalue weighted by molar-refractivity contribution is -0.192. The van der Waals surface area contributed by atoms with Crippen molar-refractivity contribution < 1.29 is 52.5 Å². The first-order valence-electron chi connectivity index (χ1n) is 8.66. The zero-order valence-corrected chi connectivity index (χ0v) is 16.6. The fraction of sp³-hybridized carbons (Fsp3) is 0.294. The van der Waals surface area contributed by atoms with Crippen molar-refractivity contribution in [3.8, 4) is 0 Å². The minimum Gasteiger partial charge on any atom is -0.481 e. The topological polar surface area (TPSA) is 221 Å². The Morgan fingerprint density at radius 3 is 2.06 bits per heavy atom. The van der Waals surface area contributed by atoms with Crippen molar-refractivity contribution in [1.82, 2.24) is 16.1 Å². The molecule has 0 fully saturated rings. The number of carbonyl (C=O) groups excluding carboxylic acids is 2. The number of carboxylic acids is 3. The van der Waals surface area contributed by atoms with Crippen LogP contribution in [0.5, 0.6) is 0 Å². The van der Waals surface area contributed by atoms with E-state index in [9.17, 15) is 32.3 Å². The molecule has 0 heterocycles. The number of aliphatic carboxylic acids is 3. The standard InChI is InChI=1S/C15H19N5O6.C2HF3O2/c16-19-8-18-10-3-1-2-9(4-10)15(26)17-7-12(21)20-11(5-13(22)23)6-14(24)25;3-2(4,5)1(6)7/h1-4,8,11H,5-7,16H2,(H,17,26)(H,18,19)(H,20,21)(H,22,23)(H,24,25);(H,6,7). The van der Waals surface area contributed by atoms with Gasteiger partial charge in [-0.05, 0) is 18.2 Å². The largest absolute Gasteiger partial charge is 0.490 e. The average Bonchev–Trinajstić information content (AvgIpc) is 2.69. The van der Waals surface area contributed by atoms with Gasteiger partial charge < -0.3 is 31.4 Å². The molecule has 1 aromatic rings. The molecule has 0 aliphatic heterocycles. The predicted molar refractivity (Wildman–Crippen MR) is 104 cm³/mol. The predicted octanol–water partition coefficient (Wildman–Crippen LogP) is -0.393. The van der Waals surface area contributed by atoms with Gasteiger partial charge in [-0.25, -0.2) is 15.6 Å². The maximum absolute atomic E-state index is 12.0. The van der Waals surface area contributed by atoms with E-state index in [0.717, 1.165) is 0 Å². The maximum Gasteiger partial charge on any atom is 0.490 e. The summed E-state index contributed by atoms with van der Waals surface area (Å²) in [5.74, 6) is -1.44. The molecule has 0 bridgehead atoms. The van der Waals surface area contributed by atoms with Crippen LogP contribution in [0.1, 0.15) is 23.2 Å². The maximum atomic E-state index is 12.0. The van der Waals surface area contributed by atoms with Gasteiger partial charge in [-0.3, -0.25) is 19.2 Å². The quantitative estimate of drug-likeness (QED) is 0.0996. The van der Waals surface area contributed by atoms with Crippen LogP contribution in [0.2, 0.25) is 0 Å². The minimum atomic E-state index is -5.08. The molecule has 0 spiro atoms. The minimum absolute atomic E-state index is 0.247. The second kappa shape index (κ2) is 14.0. The first-order chi connectivity index (χ1) is 15.3. The Kier molecular flexibility index (Phi) is 12.2. The molecule has 1 aromatic carbocycles. The molecule has 1 rings (SSSR count). The summed E-state index contributed by atoms with van der Waals surface area (Å²) in [4.78, 5) is 58.1. The van der Waals surface area contributed by atoms with Gasteiger partial charge in [0.2, 0.25) is 5.91 Å². The van der Waals surface area contributed by atoms with Crippen molar-refractivity contribution in [2.24, 2.45) is 10.8 Å². The number of carboxylic acid groups (broad SMARTS) is 3. The van der Waals surface area contributed by atoms with Crippen LogP contribution in [-0.4, -0.2) is 70.1 Å². The summed E-state index contributed by atoms with van der Waals surface area (Å²) in [6.07, 6.45) is -4.93. The highest BCUT2D eigenvalue weighted by Crippen LogP contribution is 2.13. The summed E-state index contributed by atoms with van der Waals surface area (Å²) in [6, 6.07) is 5.14. The summed E-state index contributed by atoms with van der Waals surface area (Å²) >= 11 is 0. The number of alkyl halides is 3. The Morgan fingerprint density at radius 2 is 1.61 bits per heavy atom. The lowest BCUT2D eigenvalue weighted by Gasteiger charge is -2.15. The van der Waals surface area contributed by atoms with Crippen molar-refractivity contribution >= 4 is 41.7 Å². The molecule has 33 heavy (non-hydrogen) atoms. The van der Waals surface area contributed by atoms with E-state index in [0.29, 0.717) is 5.69 Å². The third kappa shape index (κ3) is 13.7. The number of amides is 2. The van der Waals surface area contributed by atoms with E-state index in [-0.39, 0.29) is 5.56 Å². The summed E-state index contributed by atoms with van der Waals surface area (Å²) in [6.45, 7) is -0.438. The number of hydrazine groups is 1. The van der Waals surface area contributed by atoms with Crippen LogP contribution in [0, 0.1) is 0 Å². The number of nitrogens with zero attached hydrogens (tertiary/aromatic N) is 1. The molecule has 0 radical (unpaired) electrons. The Hall–Kier alpha value is -4.21. The molecule has 0 saturated carbocycles. The number of carbonyl (C=O) groups is 5. The average molecular weight is 479 g/mol. The molecule has 2 amide bonds. The highest BCUT2D eigenvalue weighted by Gasteiger charge is 2.38. The SMILES string of the molecule is NNC=Nc1cccc(C(=O)NCC(=O)NC(CC(=O)O)CC(=O)O)c1.O=C(O)C(F)(F)F. The zero-order valence-electron chi connectivity index (χ0n) is 16.6. The van der Waals surface area contributed by atoms with E-state index >= 15 is 0 Å². The molecule has 0 aliphatic carbocycles. The second-order valence-electron chi connectivity index (χ2n) is 5.92. The van der Waals surface area contributed by atoms with Crippen LogP contribution >= 0.6 is 0 Å². The van der Waals surface area contributed by atoms with Gasteiger partial charge in [0, 0.05) is 11.6 Å². The number of benzene rings is 1. The van der Waals surface area contributed by atoms with E-state index in [1.165, 1.54) is 18.5 Å². The van der Waals surface area contributed by atoms with E-state index in [1.807, 2.05) is 0 Å². The van der Waals surface area contributed by atoms with Gasteiger partial charge in [0.15, 0.2) is 0 Å². The first-order valence-corrected chi connectivity index (χ1v) is 8.66. The van der Waals surface area contributed by atoms with Crippen LogP contribution in [0.15, 0.2) is 29.3 Å². The van der Waals surface area contributed by atoms with Crippen molar-refractivity contribution in [2.75, 3.05) is 6.54 Å². The molecule has 13 nitrogen and oxygen atoms in total. The summed E-state index contributed by atoms with van der Waals surface area (Å²) in [5.41, 5.74) is 2.93. The summed E-state index contributed by atoms with van der Waals surface area (Å²) in [7, 11) is 0. The van der Waals surface area contributed by atoms with Crippen LogP contribution < -0.4 is 21.9 Å². The highest BCUT2D eigenvalue weighted by atomic mass is 19.4. The lowest BCUT2D eigenvalue weighted by atomic mass is 10.1. The number of nitrogens with two attached hydrogens (primary N) is 1. The molecular weight excluding hydrogens is 459 g/mol. The summed E-state index contributed by atoms with van der Waals surface area (Å²) in [5, 5.41) is 29.2. The van der Waals surface area contributed by atoms with Crippen LogP contribution in [-0.2, 0) is 19.2 Å². The smallest absolute Gasteiger partial charge is 0.481 e. The Morgan fingerprint density at radius 1 is 1.06 bits per heavy atom. The van der Waals surface area contributed by atoms with Gasteiger partial charge in [0.05, 0.1) is 25.1 Å². The number of nitrogens with one attached hydrogen (secondary N) is 3. The normalized spacial score (nSPS) is 10.7. The van der Waals surface area contributed by atoms with Crippen molar-refractivity contribution in [2.45, 2.75) is 25.1 Å². The van der Waals surface area contributed by atoms with Gasteiger partial charge >= 0.3 is 24.1 Å². The van der Waals surface area contributed by atoms with Gasteiger partial charge in [0.25, 0.3) is 5.91 Å². The van der Waals surface area contributed by atoms with E-state index < -0.39 is 61.3 Å². The molecule has 0 saturated heterocycles. The molecular formula is C17H20F3N5O8. The fourth-order valence-electron chi connectivity index (χ4n) is 1.98. The van der Waals surface area contributed by atoms with Crippen LogP contribution in [0.3, 0.4) is 0 Å². The number of halogens is 3. The first kappa shape index (κ1) is 28.8. The van der Waals surface area contributed by atoms with Gasteiger partial charge in [-0.1, -0.05) is 6.07 Å². The molecule has 0 aliphatic rings. The van der Waals surface area contributed by atoms with Crippen molar-refractivity contribution in [3.05, 3.63) is 29.8 Å². The van der Waals surface area contributed by atoms with E-state index in [2.05, 4.69) is 21.1 Å². The molecule has 0 atom stereocenters. The Labute approximate surface area is 183 Å². The third-order valence-electron chi connectivity index (χ3n) is 3.26. The molecule has 0 unspecified atom stereocenters. The number of hydrogen-bond donors (Lipinski definition) is 7. The molecule has 0 aromatic heterocycles. The lowest BCUT2D eigenvalue weighted by Crippen LogP contribution is -2.43. The van der Waals surface area contributed by atoms with Gasteiger partial charge in [-0.15, -0.1) is 0 Å². The van der Waals surface area contributed by atoms with Crippen LogP contribution in [0.25, 0.3) is 0 Å². The molecule has 182 valence electrons. The van der Waals surface area contributed by atoms with Gasteiger partial charge in [-0.2, -0.15) is 13.2 Å². The van der Waals surface area contributed by atoms with Crippen molar-refractivity contribution in [3.63, 3.8) is 0 Å². The Balaban J connectivity index is 0.00000126. The van der Waals surface area contributed by atoms with Crippen molar-refractivity contribution in [1.29, 1.82) is 0 Å². The van der Waals surface area contributed by atoms with E-state index in [1.54, 1.807) is 12.1 Å². The molecule has 8 N–H and O–H groups in total. The summed E-state index contributed by atoms with van der Waals surface area (Å²) < 4.78 is 31.7. The molecule has 16 heteroatoms. The second-order valence-corrected chi connectivity index (χ2v) is 5.92.